The summed E-state index contributed by atoms with van der Waals surface area (Å²) in [7, 11) is 0. The number of aryl methyl sites for hydroxylation is 1. The summed E-state index contributed by atoms with van der Waals surface area (Å²) in [5.74, 6) is -0.794. The second kappa shape index (κ2) is 7.87. The van der Waals surface area contributed by atoms with Gasteiger partial charge in [-0.3, -0.25) is 4.90 Å². The molecule has 4 rings (SSSR count). The zero-order valence-electron chi connectivity index (χ0n) is 15.8. The molecule has 1 aliphatic heterocycles. The molecule has 0 bridgehead atoms. The third-order valence-electron chi connectivity index (χ3n) is 4.84. The Hall–Kier alpha value is -2.87. The van der Waals surface area contributed by atoms with Crippen LogP contribution in [0.5, 0.6) is 5.75 Å². The number of rotatable bonds is 5. The normalized spacial score (nSPS) is 17.6. The van der Waals surface area contributed by atoms with Gasteiger partial charge in [0.05, 0.1) is 0 Å². The number of ether oxygens (including phenoxy) is 1. The van der Waals surface area contributed by atoms with Crippen LogP contribution in [0.15, 0.2) is 53.1 Å². The van der Waals surface area contributed by atoms with Gasteiger partial charge in [0.25, 0.3) is 0 Å². The molecule has 0 saturated carbocycles. The fraction of sp³-hybridized carbons (Fsp3) is 0.333. The van der Waals surface area contributed by atoms with E-state index < -0.39 is 12.1 Å². The fourth-order valence-corrected chi connectivity index (χ4v) is 3.32. The van der Waals surface area contributed by atoms with Crippen molar-refractivity contribution in [1.29, 1.82) is 0 Å². The molecule has 3 aromatic rings. The monoisotopic (exact) mass is 403 g/mol. The molecule has 29 heavy (non-hydrogen) atoms. The van der Waals surface area contributed by atoms with Crippen molar-refractivity contribution in [2.45, 2.75) is 32.2 Å². The SMILES string of the molecule is Cc1ccc(CN2CC[C@@H](Oc3ccc(-c4noc(C(F)(F)F)n4)cc3)C2)cc1. The second-order valence-corrected chi connectivity index (χ2v) is 7.19. The highest BCUT2D eigenvalue weighted by Crippen LogP contribution is 2.30. The Labute approximate surface area is 166 Å². The Morgan fingerprint density at radius 3 is 2.48 bits per heavy atom. The molecule has 0 radical (unpaired) electrons. The van der Waals surface area contributed by atoms with E-state index in [2.05, 4.69) is 50.8 Å². The van der Waals surface area contributed by atoms with Crippen LogP contribution in [0.25, 0.3) is 11.4 Å². The van der Waals surface area contributed by atoms with E-state index in [-0.39, 0.29) is 11.9 Å². The molecule has 2 heterocycles. The fourth-order valence-electron chi connectivity index (χ4n) is 3.32. The second-order valence-electron chi connectivity index (χ2n) is 7.19. The molecule has 152 valence electrons. The lowest BCUT2D eigenvalue weighted by Crippen LogP contribution is -2.24. The van der Waals surface area contributed by atoms with E-state index in [0.717, 1.165) is 26.1 Å². The lowest BCUT2D eigenvalue weighted by Gasteiger charge is -2.17. The van der Waals surface area contributed by atoms with Crippen molar-refractivity contribution < 1.29 is 22.4 Å². The van der Waals surface area contributed by atoms with E-state index in [0.29, 0.717) is 11.3 Å². The molecule has 1 atom stereocenters. The first-order valence-corrected chi connectivity index (χ1v) is 9.33. The van der Waals surface area contributed by atoms with Crippen LogP contribution in [0.1, 0.15) is 23.4 Å². The van der Waals surface area contributed by atoms with Crippen molar-refractivity contribution in [1.82, 2.24) is 15.0 Å². The van der Waals surface area contributed by atoms with Crippen molar-refractivity contribution in [2.24, 2.45) is 0 Å². The molecular formula is C21H20F3N3O2. The molecule has 8 heteroatoms. The van der Waals surface area contributed by atoms with E-state index in [1.54, 1.807) is 24.3 Å². The number of aromatic nitrogens is 2. The molecule has 1 saturated heterocycles. The van der Waals surface area contributed by atoms with Crippen LogP contribution < -0.4 is 4.74 Å². The van der Waals surface area contributed by atoms with Gasteiger partial charge in [-0.2, -0.15) is 18.2 Å². The first kappa shape index (κ1) is 19.4. The van der Waals surface area contributed by atoms with Crippen molar-refractivity contribution >= 4 is 0 Å². The minimum atomic E-state index is -4.65. The van der Waals surface area contributed by atoms with Crippen LogP contribution >= 0.6 is 0 Å². The number of benzene rings is 2. The van der Waals surface area contributed by atoms with Gasteiger partial charge in [0, 0.05) is 25.2 Å². The van der Waals surface area contributed by atoms with Gasteiger partial charge in [0.1, 0.15) is 11.9 Å². The summed E-state index contributed by atoms with van der Waals surface area (Å²) in [6.07, 6.45) is -3.65. The van der Waals surface area contributed by atoms with Crippen molar-refractivity contribution in [3.8, 4) is 17.1 Å². The predicted molar refractivity (Wildman–Crippen MR) is 100 cm³/mol. The van der Waals surface area contributed by atoms with E-state index in [1.165, 1.54) is 11.1 Å². The van der Waals surface area contributed by atoms with Crippen molar-refractivity contribution in [2.75, 3.05) is 13.1 Å². The van der Waals surface area contributed by atoms with Crippen LogP contribution in [0.3, 0.4) is 0 Å². The van der Waals surface area contributed by atoms with Gasteiger partial charge in [-0.25, -0.2) is 0 Å². The van der Waals surface area contributed by atoms with E-state index in [1.807, 2.05) is 0 Å². The van der Waals surface area contributed by atoms with Crippen LogP contribution in [-0.4, -0.2) is 34.2 Å². The lowest BCUT2D eigenvalue weighted by molar-refractivity contribution is -0.159. The molecule has 1 aliphatic rings. The van der Waals surface area contributed by atoms with Gasteiger partial charge >= 0.3 is 12.1 Å². The molecule has 0 amide bonds. The van der Waals surface area contributed by atoms with Gasteiger partial charge in [-0.15, -0.1) is 0 Å². The molecule has 5 nitrogen and oxygen atoms in total. The Morgan fingerprint density at radius 1 is 1.10 bits per heavy atom. The summed E-state index contributed by atoms with van der Waals surface area (Å²) in [4.78, 5) is 5.74. The largest absolute Gasteiger partial charge is 0.489 e. The van der Waals surface area contributed by atoms with Crippen molar-refractivity contribution in [3.63, 3.8) is 0 Å². The molecule has 0 N–H and O–H groups in total. The highest BCUT2D eigenvalue weighted by atomic mass is 19.4. The van der Waals surface area contributed by atoms with E-state index in [9.17, 15) is 13.2 Å². The maximum absolute atomic E-state index is 12.6. The molecule has 1 fully saturated rings. The Morgan fingerprint density at radius 2 is 1.83 bits per heavy atom. The quantitative estimate of drug-likeness (QED) is 0.617. The number of nitrogens with zero attached hydrogens (tertiary/aromatic N) is 3. The number of alkyl halides is 3. The first-order chi connectivity index (χ1) is 13.9. The molecule has 0 unspecified atom stereocenters. The highest BCUT2D eigenvalue weighted by molar-refractivity contribution is 5.55. The molecule has 0 aliphatic carbocycles. The average Bonchev–Trinajstić information content (AvgIpc) is 3.34. The molecule has 1 aromatic heterocycles. The summed E-state index contributed by atoms with van der Waals surface area (Å²) in [6, 6.07) is 15.2. The van der Waals surface area contributed by atoms with Gasteiger partial charge in [-0.05, 0) is 43.2 Å². The molecule has 2 aromatic carbocycles. The van der Waals surface area contributed by atoms with E-state index in [4.69, 9.17) is 4.74 Å². The van der Waals surface area contributed by atoms with Crippen LogP contribution in [0, 0.1) is 6.92 Å². The maximum atomic E-state index is 12.6. The highest BCUT2D eigenvalue weighted by Gasteiger charge is 2.38. The van der Waals surface area contributed by atoms with Gasteiger partial charge in [0.2, 0.25) is 5.82 Å². The minimum absolute atomic E-state index is 0.0771. The molecule has 0 spiro atoms. The predicted octanol–water partition coefficient (Wildman–Crippen LogP) is 4.72. The summed E-state index contributed by atoms with van der Waals surface area (Å²) in [5.41, 5.74) is 2.96. The summed E-state index contributed by atoms with van der Waals surface area (Å²) in [5, 5.41) is 3.39. The van der Waals surface area contributed by atoms with E-state index >= 15 is 0 Å². The van der Waals surface area contributed by atoms with Crippen LogP contribution in [0.2, 0.25) is 0 Å². The number of hydrogen-bond acceptors (Lipinski definition) is 5. The van der Waals surface area contributed by atoms with Gasteiger partial charge in [0.15, 0.2) is 0 Å². The topological polar surface area (TPSA) is 51.4 Å². The Bertz CT molecular complexity index is 953. The summed E-state index contributed by atoms with van der Waals surface area (Å²) >= 11 is 0. The molecular weight excluding hydrogens is 383 g/mol. The number of likely N-dealkylation sites (tertiary alicyclic amines) is 1. The zero-order chi connectivity index (χ0) is 20.4. The number of hydrogen-bond donors (Lipinski definition) is 0. The third-order valence-corrected chi connectivity index (χ3v) is 4.84. The minimum Gasteiger partial charge on any atom is -0.489 e. The summed E-state index contributed by atoms with van der Waals surface area (Å²) in [6.45, 7) is 4.75. The summed E-state index contributed by atoms with van der Waals surface area (Å²) < 4.78 is 48.0. The average molecular weight is 403 g/mol. The first-order valence-electron chi connectivity index (χ1n) is 9.33. The lowest BCUT2D eigenvalue weighted by atomic mass is 10.1. The standard InChI is InChI=1S/C21H20F3N3O2/c1-14-2-4-15(5-3-14)12-27-11-10-18(13-27)28-17-8-6-16(7-9-17)19-25-20(29-26-19)21(22,23)24/h2-9,18H,10-13H2,1H3/t18-/m1/s1. The van der Waals surface area contributed by atoms with Crippen LogP contribution in [-0.2, 0) is 12.7 Å². The van der Waals surface area contributed by atoms with Crippen molar-refractivity contribution in [3.05, 3.63) is 65.5 Å². The van der Waals surface area contributed by atoms with Gasteiger partial charge in [-0.1, -0.05) is 35.0 Å². The van der Waals surface area contributed by atoms with Crippen LogP contribution in [0.4, 0.5) is 13.2 Å². The Balaban J connectivity index is 1.33. The smallest absolute Gasteiger partial charge is 0.471 e. The maximum Gasteiger partial charge on any atom is 0.471 e. The third kappa shape index (κ3) is 4.76. The Kier molecular flexibility index (Phi) is 5.27. The van der Waals surface area contributed by atoms with Gasteiger partial charge < -0.3 is 9.26 Å². The number of halogens is 3. The zero-order valence-corrected chi connectivity index (χ0v) is 15.8.